The van der Waals surface area contributed by atoms with Gasteiger partial charge in [-0.3, -0.25) is 4.98 Å². The lowest BCUT2D eigenvalue weighted by Crippen LogP contribution is -2.25. The third kappa shape index (κ3) is 6.64. The normalized spacial score (nSPS) is 20.2. The van der Waals surface area contributed by atoms with Crippen LogP contribution >= 0.6 is 11.8 Å². The molecule has 0 radical (unpaired) electrons. The van der Waals surface area contributed by atoms with Crippen molar-refractivity contribution in [1.29, 1.82) is 0 Å². The number of hydrogen-bond acceptors (Lipinski definition) is 5. The van der Waals surface area contributed by atoms with Crippen LogP contribution in [-0.4, -0.2) is 50.0 Å². The van der Waals surface area contributed by atoms with Crippen molar-refractivity contribution in [1.82, 2.24) is 24.6 Å². The van der Waals surface area contributed by atoms with Crippen LogP contribution in [0.1, 0.15) is 32.0 Å². The number of fused-ring (bicyclic) bond motifs is 2. The molecule has 0 amide bonds. The second-order valence-electron chi connectivity index (χ2n) is 10.2. The van der Waals surface area contributed by atoms with E-state index in [9.17, 15) is 13.2 Å². The Hall–Kier alpha value is -2.91. The minimum Gasteiger partial charge on any atom is -0.305 e. The number of hydrogen-bond donors (Lipinski definition) is 0. The van der Waals surface area contributed by atoms with Crippen LogP contribution in [0.15, 0.2) is 65.8 Å². The number of likely N-dealkylation sites (tertiary alicyclic amines) is 1. The lowest BCUT2D eigenvalue weighted by Gasteiger charge is -2.17. The van der Waals surface area contributed by atoms with Gasteiger partial charge in [-0.1, -0.05) is 74.6 Å². The Morgan fingerprint density at radius 2 is 1.67 bits per heavy atom. The zero-order valence-corrected chi connectivity index (χ0v) is 22.6. The van der Waals surface area contributed by atoms with Crippen molar-refractivity contribution in [3.8, 4) is 11.4 Å². The summed E-state index contributed by atoms with van der Waals surface area (Å²) >= 11 is 1.81. The van der Waals surface area contributed by atoms with Gasteiger partial charge in [0, 0.05) is 42.5 Å². The van der Waals surface area contributed by atoms with Crippen LogP contribution in [0.2, 0.25) is 0 Å². The maximum atomic E-state index is 11.8. The van der Waals surface area contributed by atoms with Gasteiger partial charge in [-0.25, -0.2) is 0 Å². The molecule has 0 N–H and O–H groups in total. The maximum absolute atomic E-state index is 11.8. The molecule has 0 spiro atoms. The van der Waals surface area contributed by atoms with E-state index in [0.717, 1.165) is 68.8 Å². The van der Waals surface area contributed by atoms with Crippen LogP contribution in [0.4, 0.5) is 13.2 Å². The fourth-order valence-corrected chi connectivity index (χ4v) is 6.13. The predicted octanol–water partition coefficient (Wildman–Crippen LogP) is 7.36. The topological polar surface area (TPSA) is 46.8 Å². The molecule has 4 aromatic rings. The van der Waals surface area contributed by atoms with E-state index >= 15 is 0 Å². The molecule has 3 heterocycles. The lowest BCUT2D eigenvalue weighted by molar-refractivity contribution is -0.137. The van der Waals surface area contributed by atoms with Gasteiger partial charge in [-0.15, -0.1) is 10.2 Å². The summed E-state index contributed by atoms with van der Waals surface area (Å²) < 4.78 is 37.5. The zero-order chi connectivity index (χ0) is 26.9. The largest absolute Gasteiger partial charge is 0.416 e. The highest BCUT2D eigenvalue weighted by Crippen LogP contribution is 2.51. The van der Waals surface area contributed by atoms with Gasteiger partial charge in [-0.05, 0) is 49.8 Å². The Morgan fingerprint density at radius 3 is 2.33 bits per heavy atom. The Bertz CT molecular complexity index is 1380. The van der Waals surface area contributed by atoms with Crippen LogP contribution in [0, 0.1) is 24.7 Å². The van der Waals surface area contributed by atoms with E-state index in [4.69, 9.17) is 0 Å². The van der Waals surface area contributed by atoms with Crippen LogP contribution in [-0.2, 0) is 13.2 Å². The van der Waals surface area contributed by atoms with Crippen LogP contribution in [0.25, 0.3) is 22.3 Å². The number of benzene rings is 2. The molecule has 0 bridgehead atoms. The molecule has 2 aromatic heterocycles. The van der Waals surface area contributed by atoms with Gasteiger partial charge in [0.25, 0.3) is 0 Å². The summed E-state index contributed by atoms with van der Waals surface area (Å²) in [6.45, 7) is 8.28. The summed E-state index contributed by atoms with van der Waals surface area (Å²) in [6, 6.07) is 16.8. The molecule has 208 valence electrons. The van der Waals surface area contributed by atoms with Crippen molar-refractivity contribution in [2.75, 3.05) is 25.4 Å². The molecular formula is C30H36F3N5S. The van der Waals surface area contributed by atoms with Gasteiger partial charge in [0.2, 0.25) is 0 Å². The number of alkyl halides is 3. The maximum Gasteiger partial charge on any atom is 0.416 e. The smallest absolute Gasteiger partial charge is 0.305 e. The Kier molecular flexibility index (Phi) is 9.01. The van der Waals surface area contributed by atoms with Crippen molar-refractivity contribution >= 4 is 22.7 Å². The van der Waals surface area contributed by atoms with Gasteiger partial charge in [0.15, 0.2) is 11.0 Å². The monoisotopic (exact) mass is 555 g/mol. The number of thioether (sulfide) groups is 1. The SMILES string of the molecule is C.Cc1ccc2c(-c3nnc(SCCCN4CC5C(C)C5C4)n3C)cccc2n1.FC(F)(F)c1ccccc1. The molecule has 2 fully saturated rings. The van der Waals surface area contributed by atoms with Gasteiger partial charge >= 0.3 is 6.18 Å². The summed E-state index contributed by atoms with van der Waals surface area (Å²) in [4.78, 5) is 7.28. The number of pyridine rings is 1. The van der Waals surface area contributed by atoms with Gasteiger partial charge < -0.3 is 9.47 Å². The number of nitrogens with zero attached hydrogens (tertiary/aromatic N) is 5. The molecule has 2 atom stereocenters. The van der Waals surface area contributed by atoms with E-state index in [2.05, 4.69) is 62.9 Å². The molecule has 1 saturated carbocycles. The number of halogens is 3. The zero-order valence-electron chi connectivity index (χ0n) is 21.8. The van der Waals surface area contributed by atoms with Crippen molar-refractivity contribution in [3.05, 3.63) is 71.9 Å². The van der Waals surface area contributed by atoms with Gasteiger partial charge in [0.05, 0.1) is 11.1 Å². The highest BCUT2D eigenvalue weighted by Gasteiger charge is 2.52. The second-order valence-corrected chi connectivity index (χ2v) is 11.3. The number of rotatable bonds is 6. The average molecular weight is 556 g/mol. The first-order valence-electron chi connectivity index (χ1n) is 13.0. The molecular weight excluding hydrogens is 519 g/mol. The summed E-state index contributed by atoms with van der Waals surface area (Å²) in [5.74, 6) is 4.97. The molecule has 1 saturated heterocycles. The summed E-state index contributed by atoms with van der Waals surface area (Å²) in [5.41, 5.74) is 2.53. The molecule has 2 aliphatic rings. The first kappa shape index (κ1) is 29.1. The molecule has 2 unspecified atom stereocenters. The van der Waals surface area contributed by atoms with E-state index < -0.39 is 11.7 Å². The number of aryl methyl sites for hydroxylation is 1. The van der Waals surface area contributed by atoms with Crippen molar-refractivity contribution < 1.29 is 13.2 Å². The third-order valence-electron chi connectivity index (χ3n) is 7.60. The number of piperidine rings is 1. The Labute approximate surface area is 232 Å². The van der Waals surface area contributed by atoms with Gasteiger partial charge in [0.1, 0.15) is 0 Å². The quantitative estimate of drug-likeness (QED) is 0.184. The molecule has 1 aliphatic carbocycles. The first-order valence-corrected chi connectivity index (χ1v) is 13.9. The first-order chi connectivity index (χ1) is 18.2. The number of aromatic nitrogens is 4. The predicted molar refractivity (Wildman–Crippen MR) is 153 cm³/mol. The molecule has 1 aliphatic heterocycles. The van der Waals surface area contributed by atoms with Crippen molar-refractivity contribution in [2.24, 2.45) is 24.8 Å². The van der Waals surface area contributed by atoms with Gasteiger partial charge in [-0.2, -0.15) is 13.2 Å². The highest BCUT2D eigenvalue weighted by atomic mass is 32.2. The second kappa shape index (κ2) is 12.1. The molecule has 39 heavy (non-hydrogen) atoms. The minimum absolute atomic E-state index is 0. The molecule has 2 aromatic carbocycles. The average Bonchev–Trinajstić information content (AvgIpc) is 3.22. The summed E-state index contributed by atoms with van der Waals surface area (Å²) in [7, 11) is 2.06. The molecule has 9 heteroatoms. The van der Waals surface area contributed by atoms with Crippen LogP contribution in [0.5, 0.6) is 0 Å². The fraction of sp³-hybridized carbons (Fsp3) is 0.433. The Balaban J connectivity index is 0.000000273. The Morgan fingerprint density at radius 1 is 0.949 bits per heavy atom. The van der Waals surface area contributed by atoms with Crippen molar-refractivity contribution in [3.63, 3.8) is 0 Å². The lowest BCUT2D eigenvalue weighted by atomic mass is 10.1. The minimum atomic E-state index is -4.21. The third-order valence-corrected chi connectivity index (χ3v) is 8.70. The van der Waals surface area contributed by atoms with E-state index in [1.807, 2.05) is 24.8 Å². The van der Waals surface area contributed by atoms with E-state index in [1.165, 1.54) is 38.2 Å². The van der Waals surface area contributed by atoms with E-state index in [-0.39, 0.29) is 7.43 Å². The molecule has 5 nitrogen and oxygen atoms in total. The van der Waals surface area contributed by atoms with Crippen LogP contribution < -0.4 is 0 Å². The summed E-state index contributed by atoms with van der Waals surface area (Å²) in [6.07, 6.45) is -3.00. The standard InChI is InChI=1S/C22H27N5S.C7H5F3.CH4/c1-14-8-9-16-17(6-4-7-20(16)23-14)21-24-25-22(26(21)3)28-11-5-10-27-12-18-15(2)19(18)13-27;8-7(9,10)6-4-2-1-3-5-6;/h4,6-9,15,18-19H,5,10-13H2,1-3H3;1-5H;1H4. The summed E-state index contributed by atoms with van der Waals surface area (Å²) in [5, 5.41) is 11.1. The molecule has 6 rings (SSSR count). The fourth-order valence-electron chi connectivity index (χ4n) is 5.30. The van der Waals surface area contributed by atoms with Crippen LogP contribution in [0.3, 0.4) is 0 Å². The van der Waals surface area contributed by atoms with E-state index in [0.29, 0.717) is 0 Å². The highest BCUT2D eigenvalue weighted by molar-refractivity contribution is 7.99. The van der Waals surface area contributed by atoms with E-state index in [1.54, 1.807) is 6.07 Å². The van der Waals surface area contributed by atoms with Crippen molar-refractivity contribution in [2.45, 2.75) is 39.0 Å².